The maximum Gasteiger partial charge on any atom is 0.255 e. The van der Waals surface area contributed by atoms with E-state index in [-0.39, 0.29) is 11.8 Å². The molecule has 30 heavy (non-hydrogen) atoms. The van der Waals surface area contributed by atoms with Crippen LogP contribution in [0.3, 0.4) is 0 Å². The molecule has 8 heteroatoms. The number of nitrogens with one attached hydrogen (secondary N) is 1. The maximum absolute atomic E-state index is 13.0. The van der Waals surface area contributed by atoms with Gasteiger partial charge in [0.15, 0.2) is 5.82 Å². The Morgan fingerprint density at radius 2 is 1.80 bits per heavy atom. The van der Waals surface area contributed by atoms with Crippen molar-refractivity contribution in [2.75, 3.05) is 39.8 Å². The van der Waals surface area contributed by atoms with E-state index in [1.165, 1.54) is 12.4 Å². The number of hydrogen-bond acceptors (Lipinski definition) is 6. The second-order valence-electron chi connectivity index (χ2n) is 7.41. The number of carbonyl (C=O) groups excluding carboxylic acids is 2. The first-order valence-corrected chi connectivity index (χ1v) is 10.2. The van der Waals surface area contributed by atoms with Crippen LogP contribution in [0.4, 0.5) is 0 Å². The van der Waals surface area contributed by atoms with Gasteiger partial charge >= 0.3 is 0 Å². The molecule has 3 rings (SSSR count). The molecule has 1 aromatic heterocycles. The Balaban J connectivity index is 1.67. The molecule has 1 fully saturated rings. The molecule has 0 saturated carbocycles. The number of aromatic nitrogens is 2. The summed E-state index contributed by atoms with van der Waals surface area (Å²) < 4.78 is 0. The van der Waals surface area contributed by atoms with Gasteiger partial charge in [-0.2, -0.15) is 0 Å². The molecule has 2 amide bonds. The summed E-state index contributed by atoms with van der Waals surface area (Å²) in [6.45, 7) is 7.02. The summed E-state index contributed by atoms with van der Waals surface area (Å²) in [6.07, 6.45) is 4.18. The van der Waals surface area contributed by atoms with Crippen molar-refractivity contribution in [3.8, 4) is 11.4 Å². The van der Waals surface area contributed by atoms with Crippen LogP contribution in [0.15, 0.2) is 47.7 Å². The van der Waals surface area contributed by atoms with E-state index in [0.29, 0.717) is 43.9 Å². The fourth-order valence-electron chi connectivity index (χ4n) is 3.33. The smallest absolute Gasteiger partial charge is 0.255 e. The maximum atomic E-state index is 13.0. The molecule has 1 atom stereocenters. The number of carbonyl (C=O) groups is 2. The molecule has 0 aliphatic carbocycles. The van der Waals surface area contributed by atoms with Gasteiger partial charge in [-0.05, 0) is 26.6 Å². The highest BCUT2D eigenvalue weighted by molar-refractivity contribution is 5.97. The van der Waals surface area contributed by atoms with Crippen LogP contribution in [-0.4, -0.2) is 84.1 Å². The van der Waals surface area contributed by atoms with Crippen LogP contribution in [0.1, 0.15) is 23.2 Å². The van der Waals surface area contributed by atoms with E-state index in [4.69, 9.17) is 0 Å². The van der Waals surface area contributed by atoms with Crippen LogP contribution in [0.2, 0.25) is 0 Å². The van der Waals surface area contributed by atoms with Crippen LogP contribution in [0.5, 0.6) is 0 Å². The van der Waals surface area contributed by atoms with Crippen LogP contribution in [-0.2, 0) is 4.79 Å². The van der Waals surface area contributed by atoms with Gasteiger partial charge in [-0.25, -0.2) is 9.97 Å². The van der Waals surface area contributed by atoms with E-state index in [1.807, 2.05) is 42.3 Å². The van der Waals surface area contributed by atoms with E-state index in [9.17, 15) is 9.59 Å². The third-order valence-electron chi connectivity index (χ3n) is 5.17. The second kappa shape index (κ2) is 10.6. The number of piperazine rings is 1. The number of hydrogen-bond donors (Lipinski definition) is 1. The highest BCUT2D eigenvalue weighted by Gasteiger charge is 2.28. The molecule has 0 bridgehead atoms. The van der Waals surface area contributed by atoms with Gasteiger partial charge in [0, 0.05) is 50.7 Å². The van der Waals surface area contributed by atoms with Crippen molar-refractivity contribution in [2.45, 2.75) is 18.9 Å². The summed E-state index contributed by atoms with van der Waals surface area (Å²) in [5, 5.41) is 2.87. The van der Waals surface area contributed by atoms with Gasteiger partial charge in [0.25, 0.3) is 5.91 Å². The van der Waals surface area contributed by atoms with E-state index in [2.05, 4.69) is 31.9 Å². The van der Waals surface area contributed by atoms with Gasteiger partial charge in [0.2, 0.25) is 5.91 Å². The normalized spacial score (nSPS) is 15.4. The summed E-state index contributed by atoms with van der Waals surface area (Å²) in [6, 6.07) is 8.96. The van der Waals surface area contributed by atoms with Crippen molar-refractivity contribution in [1.29, 1.82) is 0 Å². The van der Waals surface area contributed by atoms with Gasteiger partial charge in [-0.1, -0.05) is 30.3 Å². The molecule has 1 aliphatic heterocycles. The molecule has 1 N–H and O–H groups in total. The SMILES string of the molecule is C=NCCC[C@H](NC(=O)c1cnc(-c2ccccc2)nc1)C(=O)N1CCN(C)CC1. The lowest BCUT2D eigenvalue weighted by atomic mass is 10.1. The molecule has 1 saturated heterocycles. The molecular weight excluding hydrogens is 380 g/mol. The Labute approximate surface area is 177 Å². The van der Waals surface area contributed by atoms with Crippen molar-refractivity contribution < 1.29 is 9.59 Å². The Hall–Kier alpha value is -3.13. The topological polar surface area (TPSA) is 90.8 Å². The lowest BCUT2D eigenvalue weighted by Gasteiger charge is -2.34. The van der Waals surface area contributed by atoms with Crippen LogP contribution < -0.4 is 5.32 Å². The summed E-state index contributed by atoms with van der Waals surface area (Å²) in [5.41, 5.74) is 1.21. The third-order valence-corrected chi connectivity index (χ3v) is 5.17. The van der Waals surface area contributed by atoms with Crippen LogP contribution in [0, 0.1) is 0 Å². The monoisotopic (exact) mass is 408 g/mol. The van der Waals surface area contributed by atoms with Crippen molar-refractivity contribution in [3.05, 3.63) is 48.3 Å². The predicted octanol–water partition coefficient (Wildman–Crippen LogP) is 1.50. The standard InChI is InChI=1S/C22H28N6O2/c1-23-10-6-9-19(22(30)28-13-11-27(2)12-14-28)26-21(29)18-15-24-20(25-16-18)17-7-4-3-5-8-17/h3-5,7-8,15-16,19H,1,6,9-14H2,2H3,(H,26,29)/t19-/m0/s1. The molecule has 158 valence electrons. The highest BCUT2D eigenvalue weighted by atomic mass is 16.2. The van der Waals surface area contributed by atoms with E-state index < -0.39 is 6.04 Å². The molecule has 1 aliphatic rings. The van der Waals surface area contributed by atoms with Gasteiger partial charge in [0.05, 0.1) is 5.56 Å². The summed E-state index contributed by atoms with van der Waals surface area (Å²) in [4.78, 5) is 42.2. The number of nitrogens with zero attached hydrogens (tertiary/aromatic N) is 5. The van der Waals surface area contributed by atoms with Gasteiger partial charge < -0.3 is 20.1 Å². The number of aliphatic imine (C=N–C) groups is 1. The number of amides is 2. The van der Waals surface area contributed by atoms with Crippen molar-refractivity contribution in [3.63, 3.8) is 0 Å². The third kappa shape index (κ3) is 5.70. The van der Waals surface area contributed by atoms with Gasteiger partial charge in [-0.3, -0.25) is 9.59 Å². The van der Waals surface area contributed by atoms with E-state index in [1.54, 1.807) is 0 Å². The van der Waals surface area contributed by atoms with Crippen LogP contribution >= 0.6 is 0 Å². The predicted molar refractivity (Wildman–Crippen MR) is 116 cm³/mol. The molecule has 1 aromatic carbocycles. The minimum absolute atomic E-state index is 0.0534. The molecule has 0 unspecified atom stereocenters. The molecular formula is C22H28N6O2. The Morgan fingerprint density at radius 3 is 2.43 bits per heavy atom. The molecule has 8 nitrogen and oxygen atoms in total. The summed E-state index contributed by atoms with van der Waals surface area (Å²) >= 11 is 0. The average molecular weight is 409 g/mol. The first-order valence-electron chi connectivity index (χ1n) is 10.2. The highest BCUT2D eigenvalue weighted by Crippen LogP contribution is 2.14. The molecule has 0 radical (unpaired) electrons. The fourth-order valence-corrected chi connectivity index (χ4v) is 3.33. The zero-order chi connectivity index (χ0) is 21.3. The Bertz CT molecular complexity index is 848. The quantitative estimate of drug-likeness (QED) is 0.528. The molecule has 2 heterocycles. The zero-order valence-electron chi connectivity index (χ0n) is 17.3. The lowest BCUT2D eigenvalue weighted by molar-refractivity contribution is -0.135. The summed E-state index contributed by atoms with van der Waals surface area (Å²) in [7, 11) is 2.04. The molecule has 0 spiro atoms. The lowest BCUT2D eigenvalue weighted by Crippen LogP contribution is -2.54. The average Bonchev–Trinajstić information content (AvgIpc) is 2.79. The summed E-state index contributed by atoms with van der Waals surface area (Å²) in [5.74, 6) is 0.144. The largest absolute Gasteiger partial charge is 0.340 e. The molecule has 2 aromatic rings. The van der Waals surface area contributed by atoms with E-state index in [0.717, 1.165) is 18.7 Å². The Morgan fingerprint density at radius 1 is 1.13 bits per heavy atom. The number of rotatable bonds is 8. The van der Waals surface area contributed by atoms with E-state index >= 15 is 0 Å². The van der Waals surface area contributed by atoms with Crippen molar-refractivity contribution >= 4 is 18.5 Å². The first-order chi connectivity index (χ1) is 14.6. The minimum atomic E-state index is -0.601. The first kappa shape index (κ1) is 21.6. The number of likely N-dealkylation sites (N-methyl/N-ethyl adjacent to an activating group) is 1. The van der Waals surface area contributed by atoms with Crippen molar-refractivity contribution in [1.82, 2.24) is 25.1 Å². The van der Waals surface area contributed by atoms with Gasteiger partial charge in [-0.15, -0.1) is 0 Å². The number of benzene rings is 1. The van der Waals surface area contributed by atoms with Crippen LogP contribution in [0.25, 0.3) is 11.4 Å². The Kier molecular flexibility index (Phi) is 7.62. The zero-order valence-corrected chi connectivity index (χ0v) is 17.3. The minimum Gasteiger partial charge on any atom is -0.340 e. The second-order valence-corrected chi connectivity index (χ2v) is 7.41. The van der Waals surface area contributed by atoms with Crippen molar-refractivity contribution in [2.24, 2.45) is 4.99 Å². The fraction of sp³-hybridized carbons (Fsp3) is 0.409. The van der Waals surface area contributed by atoms with Gasteiger partial charge in [0.1, 0.15) is 6.04 Å².